The highest BCUT2D eigenvalue weighted by Crippen LogP contribution is 2.02. The van der Waals surface area contributed by atoms with Gasteiger partial charge in [0, 0.05) is 48.6 Å². The first-order chi connectivity index (χ1) is 10.2. The number of hydrogen-bond acceptors (Lipinski definition) is 3. The van der Waals surface area contributed by atoms with E-state index in [9.17, 15) is 4.21 Å². The Morgan fingerprint density at radius 2 is 2.09 bits per heavy atom. The van der Waals surface area contributed by atoms with Crippen molar-refractivity contribution in [3.63, 3.8) is 0 Å². The van der Waals surface area contributed by atoms with Gasteiger partial charge >= 0.3 is 0 Å². The highest BCUT2D eigenvalue weighted by Gasteiger charge is 2.01. The lowest BCUT2D eigenvalue weighted by atomic mass is 10.2. The number of nitrogens with two attached hydrogens (primary N) is 1. The largest absolute Gasteiger partial charge is 0.382 e. The molecule has 0 saturated heterocycles. The number of aliphatic imine (C=N–C) groups is 1. The highest BCUT2D eigenvalue weighted by molar-refractivity contribution is 14.0. The van der Waals surface area contributed by atoms with E-state index in [-0.39, 0.29) is 24.0 Å². The first kappa shape index (κ1) is 21.3. The minimum atomic E-state index is -0.891. The third-order valence-electron chi connectivity index (χ3n) is 2.74. The van der Waals surface area contributed by atoms with Crippen LogP contribution in [0.5, 0.6) is 0 Å². The fourth-order valence-corrected chi connectivity index (χ4v) is 2.73. The number of rotatable bonds is 10. The second-order valence-corrected chi connectivity index (χ2v) is 6.09. The van der Waals surface area contributed by atoms with Gasteiger partial charge in [-0.05, 0) is 18.9 Å². The number of hydrogen-bond donors (Lipinski definition) is 2. The van der Waals surface area contributed by atoms with E-state index in [2.05, 4.69) is 10.3 Å². The van der Waals surface area contributed by atoms with Crippen LogP contribution in [0.2, 0.25) is 0 Å². The average Bonchev–Trinajstić information content (AvgIpc) is 2.48. The van der Waals surface area contributed by atoms with Gasteiger partial charge in [0.2, 0.25) is 0 Å². The molecule has 0 aromatic heterocycles. The fourth-order valence-electron chi connectivity index (χ4n) is 1.69. The molecular formula is C15H26IN3O2S. The van der Waals surface area contributed by atoms with Crippen molar-refractivity contribution >= 4 is 40.7 Å². The van der Waals surface area contributed by atoms with Crippen molar-refractivity contribution in [2.24, 2.45) is 10.7 Å². The van der Waals surface area contributed by atoms with Gasteiger partial charge in [0.25, 0.3) is 0 Å². The molecule has 0 saturated carbocycles. The Balaban J connectivity index is 0.00000441. The van der Waals surface area contributed by atoms with E-state index in [1.807, 2.05) is 37.3 Å². The van der Waals surface area contributed by atoms with Gasteiger partial charge in [-0.2, -0.15) is 0 Å². The van der Waals surface area contributed by atoms with Crippen molar-refractivity contribution in [1.29, 1.82) is 0 Å². The zero-order valence-corrected chi connectivity index (χ0v) is 16.1. The van der Waals surface area contributed by atoms with Gasteiger partial charge < -0.3 is 15.8 Å². The van der Waals surface area contributed by atoms with Crippen molar-refractivity contribution in [3.05, 3.63) is 35.9 Å². The minimum absolute atomic E-state index is 0. The zero-order chi connectivity index (χ0) is 15.3. The van der Waals surface area contributed by atoms with Gasteiger partial charge in [0.1, 0.15) is 0 Å². The Kier molecular flexibility index (Phi) is 13.5. The van der Waals surface area contributed by atoms with Crippen LogP contribution in [-0.4, -0.2) is 42.2 Å². The van der Waals surface area contributed by atoms with Crippen LogP contribution in [0.15, 0.2) is 35.3 Å². The summed E-state index contributed by atoms with van der Waals surface area (Å²) in [5, 5.41) is 2.98. The molecule has 1 rings (SSSR count). The van der Waals surface area contributed by atoms with Gasteiger partial charge in [-0.25, -0.2) is 0 Å². The van der Waals surface area contributed by atoms with Crippen molar-refractivity contribution in [3.8, 4) is 0 Å². The summed E-state index contributed by atoms with van der Waals surface area (Å²) in [5.41, 5.74) is 6.82. The molecule has 0 spiro atoms. The van der Waals surface area contributed by atoms with E-state index < -0.39 is 10.8 Å². The Bertz CT molecular complexity index is 444. The third kappa shape index (κ3) is 11.0. The molecule has 0 radical (unpaired) electrons. The van der Waals surface area contributed by atoms with Gasteiger partial charge in [-0.1, -0.05) is 30.3 Å². The predicted molar refractivity (Wildman–Crippen MR) is 104 cm³/mol. The number of benzene rings is 1. The summed E-state index contributed by atoms with van der Waals surface area (Å²) in [5.74, 6) is 1.54. The lowest BCUT2D eigenvalue weighted by molar-refractivity contribution is 0.146. The molecule has 0 heterocycles. The second-order valence-electron chi connectivity index (χ2n) is 4.52. The summed E-state index contributed by atoms with van der Waals surface area (Å²) in [6.07, 6.45) is 0.857. The van der Waals surface area contributed by atoms with Crippen LogP contribution in [0.25, 0.3) is 0 Å². The first-order valence-electron chi connectivity index (χ1n) is 7.22. The average molecular weight is 439 g/mol. The van der Waals surface area contributed by atoms with Gasteiger partial charge in [0.05, 0.1) is 0 Å². The predicted octanol–water partition coefficient (Wildman–Crippen LogP) is 1.88. The smallest absolute Gasteiger partial charge is 0.188 e. The first-order valence-corrected chi connectivity index (χ1v) is 8.71. The molecule has 0 aliphatic rings. The SMILES string of the molecule is CCOCCCN=C(N)NCCS(=O)Cc1ccccc1.I. The number of nitrogens with one attached hydrogen (secondary N) is 1. The molecule has 1 atom stereocenters. The number of halogens is 1. The fraction of sp³-hybridized carbons (Fsp3) is 0.533. The molecule has 0 bridgehead atoms. The van der Waals surface area contributed by atoms with E-state index in [1.165, 1.54) is 0 Å². The Morgan fingerprint density at radius 3 is 2.77 bits per heavy atom. The van der Waals surface area contributed by atoms with Crippen LogP contribution in [0.3, 0.4) is 0 Å². The molecule has 3 N–H and O–H groups in total. The molecule has 0 amide bonds. The van der Waals surface area contributed by atoms with Crippen LogP contribution >= 0.6 is 24.0 Å². The van der Waals surface area contributed by atoms with Crippen LogP contribution in [0, 0.1) is 0 Å². The van der Waals surface area contributed by atoms with E-state index in [1.54, 1.807) is 0 Å². The molecule has 0 aliphatic heterocycles. The normalized spacial score (nSPS) is 12.5. The number of guanidine groups is 1. The maximum Gasteiger partial charge on any atom is 0.188 e. The second kappa shape index (κ2) is 14.0. The zero-order valence-electron chi connectivity index (χ0n) is 13.0. The Labute approximate surface area is 152 Å². The molecule has 126 valence electrons. The third-order valence-corrected chi connectivity index (χ3v) is 4.05. The van der Waals surface area contributed by atoms with E-state index in [0.29, 0.717) is 37.2 Å². The minimum Gasteiger partial charge on any atom is -0.382 e. The summed E-state index contributed by atoms with van der Waals surface area (Å²) in [6.45, 7) is 4.61. The molecule has 1 unspecified atom stereocenters. The van der Waals surface area contributed by atoms with Gasteiger partial charge in [-0.3, -0.25) is 9.20 Å². The molecule has 7 heteroatoms. The van der Waals surface area contributed by atoms with Crippen molar-refractivity contribution in [2.75, 3.05) is 32.1 Å². The maximum atomic E-state index is 11.9. The number of ether oxygens (including phenoxy) is 1. The topological polar surface area (TPSA) is 76.7 Å². The summed E-state index contributed by atoms with van der Waals surface area (Å²) >= 11 is 0. The van der Waals surface area contributed by atoms with Gasteiger partial charge in [0.15, 0.2) is 5.96 Å². The molecule has 1 aromatic rings. The van der Waals surface area contributed by atoms with Crippen LogP contribution in [0.1, 0.15) is 18.9 Å². The van der Waals surface area contributed by atoms with Crippen LogP contribution < -0.4 is 11.1 Å². The number of nitrogens with zero attached hydrogens (tertiary/aromatic N) is 1. The summed E-state index contributed by atoms with van der Waals surface area (Å²) in [6, 6.07) is 9.84. The van der Waals surface area contributed by atoms with Crippen LogP contribution in [0.4, 0.5) is 0 Å². The van der Waals surface area contributed by atoms with Crippen molar-refractivity contribution in [1.82, 2.24) is 5.32 Å². The molecule has 22 heavy (non-hydrogen) atoms. The van der Waals surface area contributed by atoms with Crippen molar-refractivity contribution in [2.45, 2.75) is 19.1 Å². The summed E-state index contributed by atoms with van der Waals surface area (Å²) in [7, 11) is -0.891. The van der Waals surface area contributed by atoms with Crippen LogP contribution in [-0.2, 0) is 21.3 Å². The standard InChI is InChI=1S/C15H25N3O2S.HI/c1-2-20-11-6-9-17-15(16)18-10-12-21(19)13-14-7-4-3-5-8-14;/h3-5,7-8H,2,6,9-13H2,1H3,(H3,16,17,18);1H. The van der Waals surface area contributed by atoms with E-state index >= 15 is 0 Å². The molecular weight excluding hydrogens is 413 g/mol. The van der Waals surface area contributed by atoms with E-state index in [0.717, 1.165) is 18.6 Å². The highest BCUT2D eigenvalue weighted by atomic mass is 127. The molecule has 0 fully saturated rings. The van der Waals surface area contributed by atoms with Crippen molar-refractivity contribution < 1.29 is 8.95 Å². The lowest BCUT2D eigenvalue weighted by Crippen LogP contribution is -2.34. The quantitative estimate of drug-likeness (QED) is 0.253. The summed E-state index contributed by atoms with van der Waals surface area (Å²) < 4.78 is 17.1. The van der Waals surface area contributed by atoms with Gasteiger partial charge in [-0.15, -0.1) is 24.0 Å². The Morgan fingerprint density at radius 1 is 1.36 bits per heavy atom. The van der Waals surface area contributed by atoms with E-state index in [4.69, 9.17) is 10.5 Å². The monoisotopic (exact) mass is 439 g/mol. The lowest BCUT2D eigenvalue weighted by Gasteiger charge is -2.06. The maximum absolute atomic E-state index is 11.9. The molecule has 0 aliphatic carbocycles. The Hall–Kier alpha value is -0.670. The molecule has 5 nitrogen and oxygen atoms in total. The summed E-state index contributed by atoms with van der Waals surface area (Å²) in [4.78, 5) is 4.18. The molecule has 1 aromatic carbocycles.